The van der Waals surface area contributed by atoms with Gasteiger partial charge < -0.3 is 10.2 Å². The van der Waals surface area contributed by atoms with E-state index in [9.17, 15) is 14.0 Å². The maximum Gasteiger partial charge on any atom is 0.245 e. The van der Waals surface area contributed by atoms with Gasteiger partial charge in [0.2, 0.25) is 11.8 Å². The van der Waals surface area contributed by atoms with E-state index in [0.717, 1.165) is 10.6 Å². The Morgan fingerprint density at radius 2 is 2.15 bits per heavy atom. The van der Waals surface area contributed by atoms with Gasteiger partial charge in [-0.2, -0.15) is 0 Å². The van der Waals surface area contributed by atoms with Gasteiger partial charge in [0.15, 0.2) is 5.13 Å². The van der Waals surface area contributed by atoms with Crippen LogP contribution in [0.2, 0.25) is 0 Å². The van der Waals surface area contributed by atoms with Gasteiger partial charge >= 0.3 is 0 Å². The molecular weight excluding hydrogens is 353 g/mol. The van der Waals surface area contributed by atoms with Crippen LogP contribution in [0.5, 0.6) is 0 Å². The number of benzene rings is 1. The highest BCUT2D eigenvalue weighted by molar-refractivity contribution is 7.15. The second-order valence-corrected chi connectivity index (χ2v) is 7.45. The summed E-state index contributed by atoms with van der Waals surface area (Å²) in [5.74, 6) is -0.297. The average Bonchev–Trinajstić information content (AvgIpc) is 2.91. The minimum Gasteiger partial charge on any atom is -0.338 e. The first-order valence-corrected chi connectivity index (χ1v) is 9.18. The Balaban J connectivity index is 1.54. The highest BCUT2D eigenvalue weighted by Crippen LogP contribution is 2.27. The normalized spacial score (nSPS) is 14.0. The van der Waals surface area contributed by atoms with Gasteiger partial charge in [-0.3, -0.25) is 9.59 Å². The minimum absolute atomic E-state index is 0.102. The van der Waals surface area contributed by atoms with Crippen LogP contribution in [0, 0.1) is 18.7 Å². The van der Waals surface area contributed by atoms with Gasteiger partial charge in [0.1, 0.15) is 5.82 Å². The summed E-state index contributed by atoms with van der Waals surface area (Å²) >= 11 is 1.37. The molecule has 0 aliphatic carbocycles. The number of halogens is 1. The lowest BCUT2D eigenvalue weighted by Gasteiger charge is -2.38. The van der Waals surface area contributed by atoms with Crippen LogP contribution in [0.3, 0.4) is 0 Å². The van der Waals surface area contributed by atoms with Crippen molar-refractivity contribution in [1.82, 2.24) is 9.88 Å². The van der Waals surface area contributed by atoms with Crippen molar-refractivity contribution in [2.75, 3.05) is 18.4 Å². The number of aryl methyl sites for hydroxylation is 1. The van der Waals surface area contributed by atoms with Crippen LogP contribution in [0.4, 0.5) is 9.52 Å². The van der Waals surface area contributed by atoms with E-state index in [1.54, 1.807) is 23.1 Å². The lowest BCUT2D eigenvalue weighted by molar-refractivity contribution is -0.134. The van der Waals surface area contributed by atoms with Gasteiger partial charge in [0.25, 0.3) is 0 Å². The van der Waals surface area contributed by atoms with Gasteiger partial charge in [-0.1, -0.05) is 24.8 Å². The highest BCUT2D eigenvalue weighted by atomic mass is 32.1. The number of hydrogen-bond acceptors (Lipinski definition) is 4. The topological polar surface area (TPSA) is 62.3 Å². The number of rotatable bonds is 6. The Morgan fingerprint density at radius 1 is 1.42 bits per heavy atom. The number of carbonyl (C=O) groups is 2. The number of anilines is 1. The van der Waals surface area contributed by atoms with Gasteiger partial charge in [0.05, 0.1) is 5.69 Å². The number of aromatic nitrogens is 1. The molecule has 0 radical (unpaired) electrons. The van der Waals surface area contributed by atoms with Crippen LogP contribution in [0.15, 0.2) is 36.9 Å². The van der Waals surface area contributed by atoms with Crippen molar-refractivity contribution < 1.29 is 14.0 Å². The molecule has 0 unspecified atom stereocenters. The molecular formula is C19H20FN3O2S. The first kappa shape index (κ1) is 18.3. The number of thiazole rings is 1. The zero-order chi connectivity index (χ0) is 18.7. The third-order valence-electron chi connectivity index (χ3n) is 4.37. The molecule has 0 saturated carbocycles. The van der Waals surface area contributed by atoms with Crippen molar-refractivity contribution in [3.8, 4) is 0 Å². The predicted molar refractivity (Wildman–Crippen MR) is 99.6 cm³/mol. The first-order valence-electron chi connectivity index (χ1n) is 8.37. The van der Waals surface area contributed by atoms with Gasteiger partial charge in [0, 0.05) is 36.7 Å². The van der Waals surface area contributed by atoms with E-state index in [1.807, 2.05) is 6.92 Å². The van der Waals surface area contributed by atoms with Crippen LogP contribution < -0.4 is 5.32 Å². The number of nitrogens with zero attached hydrogens (tertiary/aromatic N) is 2. The third-order valence-corrected chi connectivity index (χ3v) is 5.44. The van der Waals surface area contributed by atoms with E-state index in [4.69, 9.17) is 0 Å². The Morgan fingerprint density at radius 3 is 2.85 bits per heavy atom. The van der Waals surface area contributed by atoms with E-state index in [2.05, 4.69) is 16.9 Å². The molecule has 0 spiro atoms. The van der Waals surface area contributed by atoms with Crippen molar-refractivity contribution in [2.45, 2.75) is 19.8 Å². The summed E-state index contributed by atoms with van der Waals surface area (Å²) in [6, 6.07) is 6.65. The number of amides is 2. The SMILES string of the molecule is C=CC(=O)N1CC(CC(=O)Nc2nc(C)c(Cc3ccccc3F)s2)C1. The van der Waals surface area contributed by atoms with Crippen molar-refractivity contribution >= 4 is 28.3 Å². The molecule has 3 rings (SSSR count). The number of likely N-dealkylation sites (tertiary alicyclic amines) is 1. The van der Waals surface area contributed by atoms with Crippen LogP contribution in [0.1, 0.15) is 22.6 Å². The van der Waals surface area contributed by atoms with Gasteiger partial charge in [-0.05, 0) is 24.6 Å². The first-order chi connectivity index (χ1) is 12.5. The van der Waals surface area contributed by atoms with E-state index >= 15 is 0 Å². The van der Waals surface area contributed by atoms with Crippen LogP contribution in [0.25, 0.3) is 0 Å². The highest BCUT2D eigenvalue weighted by Gasteiger charge is 2.31. The molecule has 1 fully saturated rings. The fourth-order valence-corrected chi connectivity index (χ4v) is 3.90. The molecule has 1 aromatic heterocycles. The summed E-state index contributed by atoms with van der Waals surface area (Å²) in [5, 5.41) is 3.34. The molecule has 1 aliphatic rings. The predicted octanol–water partition coefficient (Wildman–Crippen LogP) is 3.15. The molecule has 1 N–H and O–H groups in total. The Bertz CT molecular complexity index is 843. The zero-order valence-corrected chi connectivity index (χ0v) is 15.3. The molecule has 2 amide bonds. The Kier molecular flexibility index (Phi) is 5.46. The summed E-state index contributed by atoms with van der Waals surface area (Å²) < 4.78 is 13.8. The van der Waals surface area contributed by atoms with Crippen molar-refractivity contribution in [1.29, 1.82) is 0 Å². The molecule has 1 aromatic carbocycles. The van der Waals surface area contributed by atoms with Gasteiger partial charge in [-0.25, -0.2) is 9.37 Å². The van der Waals surface area contributed by atoms with Crippen LogP contribution in [-0.4, -0.2) is 34.8 Å². The van der Waals surface area contributed by atoms with Crippen LogP contribution in [-0.2, 0) is 16.0 Å². The maximum absolute atomic E-state index is 13.8. The smallest absolute Gasteiger partial charge is 0.245 e. The molecule has 26 heavy (non-hydrogen) atoms. The second-order valence-electron chi connectivity index (χ2n) is 6.36. The van der Waals surface area contributed by atoms with E-state index in [0.29, 0.717) is 36.6 Å². The third kappa shape index (κ3) is 4.16. The quantitative estimate of drug-likeness (QED) is 0.791. The summed E-state index contributed by atoms with van der Waals surface area (Å²) in [6.45, 7) is 6.46. The summed E-state index contributed by atoms with van der Waals surface area (Å²) in [5.41, 5.74) is 1.40. The van der Waals surface area contributed by atoms with E-state index in [1.165, 1.54) is 23.5 Å². The van der Waals surface area contributed by atoms with Crippen LogP contribution >= 0.6 is 11.3 Å². The largest absolute Gasteiger partial charge is 0.338 e. The monoisotopic (exact) mass is 373 g/mol. The lowest BCUT2D eigenvalue weighted by atomic mass is 9.96. The molecule has 1 saturated heterocycles. The summed E-state index contributed by atoms with van der Waals surface area (Å²) in [7, 11) is 0. The maximum atomic E-state index is 13.8. The number of carbonyl (C=O) groups excluding carboxylic acids is 2. The Labute approximate surface area is 155 Å². The van der Waals surface area contributed by atoms with Crippen molar-refractivity contribution in [3.63, 3.8) is 0 Å². The van der Waals surface area contributed by atoms with Gasteiger partial charge in [-0.15, -0.1) is 11.3 Å². The molecule has 7 heteroatoms. The summed E-state index contributed by atoms with van der Waals surface area (Å²) in [4.78, 5) is 30.5. The van der Waals surface area contributed by atoms with Crippen molar-refractivity contribution in [3.05, 3.63) is 58.9 Å². The minimum atomic E-state index is -0.241. The molecule has 2 aromatic rings. The summed E-state index contributed by atoms with van der Waals surface area (Å²) in [6.07, 6.45) is 2.08. The molecule has 2 heterocycles. The molecule has 5 nitrogen and oxygen atoms in total. The molecule has 0 atom stereocenters. The lowest BCUT2D eigenvalue weighted by Crippen LogP contribution is -2.50. The van der Waals surface area contributed by atoms with E-state index in [-0.39, 0.29) is 23.5 Å². The average molecular weight is 373 g/mol. The standard InChI is InChI=1S/C19H20FN3O2S/c1-3-18(25)23-10-13(11-23)8-17(24)22-19-21-12(2)16(26-19)9-14-6-4-5-7-15(14)20/h3-7,13H,1,8-11H2,2H3,(H,21,22,24). The van der Waals surface area contributed by atoms with Crippen molar-refractivity contribution in [2.24, 2.45) is 5.92 Å². The van der Waals surface area contributed by atoms with E-state index < -0.39 is 0 Å². The molecule has 1 aliphatic heterocycles. The second kappa shape index (κ2) is 7.78. The fraction of sp³-hybridized carbons (Fsp3) is 0.316. The molecule has 0 bridgehead atoms. The zero-order valence-electron chi connectivity index (χ0n) is 14.5. The number of nitrogens with one attached hydrogen (secondary N) is 1. The Hall–Kier alpha value is -2.54. The fourth-order valence-electron chi connectivity index (χ4n) is 2.90. The number of hydrogen-bond donors (Lipinski definition) is 1. The molecule has 136 valence electrons.